The van der Waals surface area contributed by atoms with Crippen molar-refractivity contribution in [1.29, 1.82) is 0 Å². The van der Waals surface area contributed by atoms with Crippen molar-refractivity contribution >= 4 is 38.5 Å². The second kappa shape index (κ2) is 6.33. The van der Waals surface area contributed by atoms with Crippen LogP contribution in [0, 0.1) is 0 Å². The van der Waals surface area contributed by atoms with Gasteiger partial charge in [0.05, 0.1) is 0 Å². The summed E-state index contributed by atoms with van der Waals surface area (Å²) in [7, 11) is 0. The minimum Gasteiger partial charge on any atom is -0.446 e. The van der Waals surface area contributed by atoms with E-state index in [0.717, 1.165) is 26.4 Å². The highest BCUT2D eigenvalue weighted by molar-refractivity contribution is 9.10. The molecule has 1 heterocycles. The molecular formula is C20H15BrN2O2. The number of benzene rings is 3. The Hall–Kier alpha value is -2.66. The molecule has 0 spiro atoms. The summed E-state index contributed by atoms with van der Waals surface area (Å²) in [6.07, 6.45) is -0.549. The molecule has 124 valence electrons. The van der Waals surface area contributed by atoms with E-state index in [1.165, 1.54) is 11.9 Å². The maximum atomic E-state index is 12.0. The molecule has 5 heteroatoms. The molecule has 0 aromatic heterocycles. The summed E-state index contributed by atoms with van der Waals surface area (Å²) in [6.45, 7) is 1.49. The van der Waals surface area contributed by atoms with Gasteiger partial charge in [0, 0.05) is 22.5 Å². The molecule has 1 aliphatic rings. The average molecular weight is 395 g/mol. The minimum atomic E-state index is -0.549. The fourth-order valence-electron chi connectivity index (χ4n) is 2.85. The maximum absolute atomic E-state index is 12.0. The predicted octanol–water partition coefficient (Wildman–Crippen LogP) is 4.84. The molecule has 1 aliphatic heterocycles. The predicted molar refractivity (Wildman–Crippen MR) is 101 cm³/mol. The summed E-state index contributed by atoms with van der Waals surface area (Å²) < 4.78 is 7.01. The standard InChI is InChI=1S/C20H15BrN2O2/c1-13(24)23-20(15-8-10-18(21)11-9-15)25-19(22-23)17-7-6-14-4-2-3-5-16(14)12-17/h2-12,20H,1H3. The lowest BCUT2D eigenvalue weighted by Gasteiger charge is -2.19. The van der Waals surface area contributed by atoms with Crippen molar-refractivity contribution < 1.29 is 9.53 Å². The second-order valence-electron chi connectivity index (χ2n) is 5.85. The third-order valence-electron chi connectivity index (χ3n) is 4.12. The summed E-state index contributed by atoms with van der Waals surface area (Å²) in [6, 6.07) is 21.8. The molecule has 4 rings (SSSR count). The molecule has 0 fully saturated rings. The van der Waals surface area contributed by atoms with Crippen molar-refractivity contribution in [3.05, 3.63) is 82.3 Å². The normalized spacial score (nSPS) is 16.6. The van der Waals surface area contributed by atoms with Gasteiger partial charge in [0.25, 0.3) is 0 Å². The summed E-state index contributed by atoms with van der Waals surface area (Å²) in [5.41, 5.74) is 1.72. The molecule has 0 aliphatic carbocycles. The number of nitrogens with zero attached hydrogens (tertiary/aromatic N) is 2. The number of halogens is 1. The van der Waals surface area contributed by atoms with Crippen LogP contribution in [-0.2, 0) is 9.53 Å². The second-order valence-corrected chi connectivity index (χ2v) is 6.77. The SMILES string of the molecule is CC(=O)N1N=C(c2ccc3ccccc3c2)OC1c1ccc(Br)cc1. The average Bonchev–Trinajstić information content (AvgIpc) is 3.07. The Morgan fingerprint density at radius 2 is 1.76 bits per heavy atom. The number of fused-ring (bicyclic) bond motifs is 1. The van der Waals surface area contributed by atoms with Crippen LogP contribution in [0.5, 0.6) is 0 Å². The number of carbonyl (C=O) groups is 1. The third-order valence-corrected chi connectivity index (χ3v) is 4.65. The first-order valence-electron chi connectivity index (χ1n) is 7.91. The highest BCUT2D eigenvalue weighted by atomic mass is 79.9. The molecule has 3 aromatic rings. The molecule has 0 saturated carbocycles. The van der Waals surface area contributed by atoms with Crippen LogP contribution in [0.4, 0.5) is 0 Å². The van der Waals surface area contributed by atoms with Crippen LogP contribution in [0.25, 0.3) is 10.8 Å². The van der Waals surface area contributed by atoms with Crippen LogP contribution >= 0.6 is 15.9 Å². The lowest BCUT2D eigenvalue weighted by Crippen LogP contribution is -2.25. The first-order valence-corrected chi connectivity index (χ1v) is 8.71. The molecule has 3 aromatic carbocycles. The zero-order valence-electron chi connectivity index (χ0n) is 13.5. The van der Waals surface area contributed by atoms with Gasteiger partial charge in [-0.25, -0.2) is 0 Å². The van der Waals surface area contributed by atoms with Gasteiger partial charge in [-0.2, -0.15) is 5.01 Å². The summed E-state index contributed by atoms with van der Waals surface area (Å²) >= 11 is 3.42. The largest absolute Gasteiger partial charge is 0.446 e. The number of amides is 1. The van der Waals surface area contributed by atoms with Gasteiger partial charge in [-0.1, -0.05) is 58.4 Å². The fraction of sp³-hybridized carbons (Fsp3) is 0.100. The molecule has 0 bridgehead atoms. The maximum Gasteiger partial charge on any atom is 0.243 e. The number of ether oxygens (including phenoxy) is 1. The van der Waals surface area contributed by atoms with Gasteiger partial charge >= 0.3 is 0 Å². The zero-order chi connectivity index (χ0) is 17.4. The van der Waals surface area contributed by atoms with E-state index in [9.17, 15) is 4.79 Å². The first kappa shape index (κ1) is 15.8. The minimum absolute atomic E-state index is 0.163. The van der Waals surface area contributed by atoms with Crippen molar-refractivity contribution in [2.75, 3.05) is 0 Å². The summed E-state index contributed by atoms with van der Waals surface area (Å²) in [5, 5.41) is 8.05. The van der Waals surface area contributed by atoms with Crippen molar-refractivity contribution in [2.45, 2.75) is 13.2 Å². The van der Waals surface area contributed by atoms with Crippen LogP contribution < -0.4 is 0 Å². The Morgan fingerprint density at radius 1 is 1.04 bits per heavy atom. The van der Waals surface area contributed by atoms with E-state index in [0.29, 0.717) is 5.90 Å². The van der Waals surface area contributed by atoms with Crippen LogP contribution in [0.3, 0.4) is 0 Å². The summed E-state index contributed by atoms with van der Waals surface area (Å²) in [5.74, 6) is 0.289. The van der Waals surface area contributed by atoms with Gasteiger partial charge in [0.15, 0.2) is 0 Å². The van der Waals surface area contributed by atoms with Gasteiger partial charge in [0.2, 0.25) is 18.0 Å². The zero-order valence-corrected chi connectivity index (χ0v) is 15.1. The van der Waals surface area contributed by atoms with Crippen molar-refractivity contribution in [1.82, 2.24) is 5.01 Å². The number of rotatable bonds is 2. The van der Waals surface area contributed by atoms with E-state index in [1.807, 2.05) is 60.7 Å². The molecule has 0 N–H and O–H groups in total. The van der Waals surface area contributed by atoms with Crippen molar-refractivity contribution in [3.8, 4) is 0 Å². The summed E-state index contributed by atoms with van der Waals surface area (Å²) in [4.78, 5) is 12.0. The smallest absolute Gasteiger partial charge is 0.243 e. The van der Waals surface area contributed by atoms with E-state index >= 15 is 0 Å². The quantitative estimate of drug-likeness (QED) is 0.623. The Kier molecular flexibility index (Phi) is 4.01. The van der Waals surface area contributed by atoms with Gasteiger partial charge in [-0.3, -0.25) is 4.79 Å². The lowest BCUT2D eigenvalue weighted by atomic mass is 10.1. The molecular weight excluding hydrogens is 380 g/mol. The van der Waals surface area contributed by atoms with E-state index in [1.54, 1.807) is 0 Å². The lowest BCUT2D eigenvalue weighted by molar-refractivity contribution is -0.135. The van der Waals surface area contributed by atoms with Gasteiger partial charge < -0.3 is 4.74 Å². The molecule has 1 atom stereocenters. The molecule has 0 radical (unpaired) electrons. The topological polar surface area (TPSA) is 41.9 Å². The molecule has 25 heavy (non-hydrogen) atoms. The van der Waals surface area contributed by atoms with Crippen LogP contribution in [0.2, 0.25) is 0 Å². The van der Waals surface area contributed by atoms with E-state index in [4.69, 9.17) is 4.74 Å². The van der Waals surface area contributed by atoms with Crippen LogP contribution in [-0.4, -0.2) is 16.8 Å². The van der Waals surface area contributed by atoms with Gasteiger partial charge in [0.1, 0.15) is 0 Å². The monoisotopic (exact) mass is 394 g/mol. The number of hydrogen-bond donors (Lipinski definition) is 0. The number of hydrazone groups is 1. The van der Waals surface area contributed by atoms with E-state index in [-0.39, 0.29) is 5.91 Å². The Balaban J connectivity index is 1.71. The number of carbonyl (C=O) groups excluding carboxylic acids is 1. The number of hydrogen-bond acceptors (Lipinski definition) is 3. The van der Waals surface area contributed by atoms with Gasteiger partial charge in [-0.15, -0.1) is 5.10 Å². The molecule has 0 saturated heterocycles. The molecule has 1 amide bonds. The van der Waals surface area contributed by atoms with Crippen molar-refractivity contribution in [3.63, 3.8) is 0 Å². The van der Waals surface area contributed by atoms with Crippen molar-refractivity contribution in [2.24, 2.45) is 5.10 Å². The van der Waals surface area contributed by atoms with Crippen LogP contribution in [0.1, 0.15) is 24.3 Å². The highest BCUT2D eigenvalue weighted by Gasteiger charge is 2.33. The van der Waals surface area contributed by atoms with Crippen LogP contribution in [0.15, 0.2) is 76.3 Å². The van der Waals surface area contributed by atoms with Gasteiger partial charge in [-0.05, 0) is 35.0 Å². The Labute approximate surface area is 153 Å². The Bertz CT molecular complexity index is 982. The third kappa shape index (κ3) is 3.03. The first-order chi connectivity index (χ1) is 12.1. The fourth-order valence-corrected chi connectivity index (χ4v) is 3.11. The van der Waals surface area contributed by atoms with E-state index in [2.05, 4.69) is 27.1 Å². The molecule has 1 unspecified atom stereocenters. The van der Waals surface area contributed by atoms with E-state index < -0.39 is 6.23 Å². The highest BCUT2D eigenvalue weighted by Crippen LogP contribution is 2.31. The Morgan fingerprint density at radius 3 is 2.48 bits per heavy atom. The molecule has 4 nitrogen and oxygen atoms in total.